The maximum absolute atomic E-state index is 12.4. The molecular weight excluding hydrogens is 324 g/mol. The van der Waals surface area contributed by atoms with Crippen LogP contribution in [0.3, 0.4) is 0 Å². The second-order valence-electron chi connectivity index (χ2n) is 5.41. The van der Waals surface area contributed by atoms with Gasteiger partial charge in [0.15, 0.2) is 0 Å². The fraction of sp³-hybridized carbons (Fsp3) is 0.333. The van der Waals surface area contributed by atoms with E-state index in [-0.39, 0.29) is 5.75 Å². The first-order valence-electron chi connectivity index (χ1n) is 7.87. The number of fused-ring (bicyclic) bond motifs is 1. The lowest BCUT2D eigenvalue weighted by atomic mass is 10.1. The van der Waals surface area contributed by atoms with Crippen LogP contribution in [0.15, 0.2) is 36.4 Å². The highest BCUT2D eigenvalue weighted by Gasteiger charge is 2.22. The number of hydrogen-bond acceptors (Lipinski definition) is 5. The van der Waals surface area contributed by atoms with E-state index in [1.165, 1.54) is 19.1 Å². The van der Waals surface area contributed by atoms with Gasteiger partial charge in [-0.2, -0.15) is 0 Å². The summed E-state index contributed by atoms with van der Waals surface area (Å²) < 4.78 is 9.95. The molecule has 0 spiro atoms. The number of benzene rings is 2. The van der Waals surface area contributed by atoms with Crippen LogP contribution in [0.5, 0.6) is 5.75 Å². The number of phenols is 1. The van der Waals surface area contributed by atoms with Crippen LogP contribution in [-0.2, 0) is 19.1 Å². The highest BCUT2D eigenvalue weighted by Crippen LogP contribution is 2.29. The number of ether oxygens (including phenoxy) is 2. The maximum Gasteiger partial charge on any atom is 0.313 e. The van der Waals surface area contributed by atoms with Gasteiger partial charge in [0.1, 0.15) is 5.75 Å². The van der Waals surface area contributed by atoms with Gasteiger partial charge in [0.2, 0.25) is 0 Å². The van der Waals surface area contributed by atoms with Crippen LogP contribution in [0.4, 0.5) is 5.69 Å². The first kappa shape index (κ1) is 18.7. The number of phenolic OH excluding ortho intramolecular Hbond substituents is 1. The molecule has 2 aromatic carbocycles. The van der Waals surface area contributed by atoms with Gasteiger partial charge in [-0.25, -0.2) is 0 Å². The van der Waals surface area contributed by atoms with Gasteiger partial charge in [0, 0.05) is 43.8 Å². The largest absolute Gasteiger partial charge is 0.507 e. The molecule has 25 heavy (non-hydrogen) atoms. The van der Waals surface area contributed by atoms with E-state index in [2.05, 4.69) is 5.32 Å². The summed E-state index contributed by atoms with van der Waals surface area (Å²) in [5.74, 6) is -1.30. The first-order valence-corrected chi connectivity index (χ1v) is 7.87. The van der Waals surface area contributed by atoms with E-state index in [1.807, 2.05) is 0 Å². The third-order valence-electron chi connectivity index (χ3n) is 3.76. The quantitative estimate of drug-likeness (QED) is 0.744. The zero-order valence-corrected chi connectivity index (χ0v) is 14.3. The summed E-state index contributed by atoms with van der Waals surface area (Å²) in [4.78, 5) is 26.2. The van der Waals surface area contributed by atoms with Crippen molar-refractivity contribution in [2.75, 3.05) is 45.8 Å². The molecule has 0 aromatic heterocycles. The number of carbonyl (C=O) groups excluding carboxylic acids is 2. The molecule has 7 nitrogen and oxygen atoms in total. The number of methoxy groups -OCH3 is 2. The maximum atomic E-state index is 12.4. The monoisotopic (exact) mass is 346 g/mol. The summed E-state index contributed by atoms with van der Waals surface area (Å²) >= 11 is 0. The molecule has 0 aliphatic carbocycles. The molecule has 7 heteroatoms. The summed E-state index contributed by atoms with van der Waals surface area (Å²) in [6.45, 7) is 1.24. The number of carbonyl (C=O) groups is 2. The summed E-state index contributed by atoms with van der Waals surface area (Å²) in [5, 5.41) is 13.8. The Morgan fingerprint density at radius 2 is 1.60 bits per heavy atom. The smallest absolute Gasteiger partial charge is 0.313 e. The minimum Gasteiger partial charge on any atom is -0.507 e. The lowest BCUT2D eigenvalue weighted by molar-refractivity contribution is -0.144. The molecule has 0 unspecified atom stereocenters. The zero-order chi connectivity index (χ0) is 18.2. The second kappa shape index (κ2) is 9.00. The predicted octanol–water partition coefficient (Wildman–Crippen LogP) is 1.61. The van der Waals surface area contributed by atoms with Crippen LogP contribution in [0, 0.1) is 0 Å². The number of nitrogens with zero attached hydrogens (tertiary/aromatic N) is 1. The van der Waals surface area contributed by atoms with E-state index in [4.69, 9.17) is 9.47 Å². The molecule has 0 radical (unpaired) electrons. The lowest BCUT2D eigenvalue weighted by Crippen LogP contribution is -2.43. The fourth-order valence-electron chi connectivity index (χ4n) is 2.44. The zero-order valence-electron chi connectivity index (χ0n) is 14.3. The SMILES string of the molecule is COCCN(CCOC)C(=O)C(=O)Nc1cccc2c(O)cccc12. The molecule has 134 valence electrons. The van der Waals surface area contributed by atoms with Crippen molar-refractivity contribution in [1.82, 2.24) is 4.90 Å². The molecule has 2 rings (SSSR count). The molecule has 0 aliphatic rings. The van der Waals surface area contributed by atoms with Gasteiger partial charge >= 0.3 is 11.8 Å². The Bertz CT molecular complexity index is 739. The second-order valence-corrected chi connectivity index (χ2v) is 5.41. The van der Waals surface area contributed by atoms with Crippen molar-refractivity contribution in [3.05, 3.63) is 36.4 Å². The van der Waals surface area contributed by atoms with Crippen LogP contribution in [0.25, 0.3) is 10.8 Å². The molecule has 2 N–H and O–H groups in total. The normalized spacial score (nSPS) is 10.6. The van der Waals surface area contributed by atoms with Crippen molar-refractivity contribution in [2.24, 2.45) is 0 Å². The Balaban J connectivity index is 2.17. The van der Waals surface area contributed by atoms with Crippen LogP contribution in [0.1, 0.15) is 0 Å². The van der Waals surface area contributed by atoms with E-state index in [0.29, 0.717) is 42.8 Å². The molecule has 0 saturated heterocycles. The van der Waals surface area contributed by atoms with Crippen LogP contribution >= 0.6 is 0 Å². The molecule has 0 bridgehead atoms. The Hall–Kier alpha value is -2.64. The Labute approximate surface area is 146 Å². The Morgan fingerprint density at radius 1 is 1.00 bits per heavy atom. The molecule has 0 heterocycles. The third kappa shape index (κ3) is 4.68. The van der Waals surface area contributed by atoms with Crippen molar-refractivity contribution >= 4 is 28.3 Å². The number of rotatable bonds is 7. The summed E-state index contributed by atoms with van der Waals surface area (Å²) in [5.41, 5.74) is 0.463. The molecule has 0 saturated carbocycles. The topological polar surface area (TPSA) is 88.1 Å². The van der Waals surface area contributed by atoms with Gasteiger partial charge < -0.3 is 24.8 Å². The van der Waals surface area contributed by atoms with E-state index >= 15 is 0 Å². The van der Waals surface area contributed by atoms with Crippen LogP contribution in [-0.4, -0.2) is 62.3 Å². The molecular formula is C18H22N2O5. The van der Waals surface area contributed by atoms with E-state index < -0.39 is 11.8 Å². The van der Waals surface area contributed by atoms with E-state index in [1.54, 1.807) is 36.4 Å². The lowest BCUT2D eigenvalue weighted by Gasteiger charge is -2.21. The van der Waals surface area contributed by atoms with Crippen LogP contribution in [0.2, 0.25) is 0 Å². The fourth-order valence-corrected chi connectivity index (χ4v) is 2.44. The number of anilines is 1. The number of nitrogens with one attached hydrogen (secondary N) is 1. The Kier molecular flexibility index (Phi) is 6.73. The van der Waals surface area contributed by atoms with Gasteiger partial charge in [-0.1, -0.05) is 24.3 Å². The van der Waals surface area contributed by atoms with Gasteiger partial charge in [0.05, 0.1) is 13.2 Å². The summed E-state index contributed by atoms with van der Waals surface area (Å²) in [6.07, 6.45) is 0. The Morgan fingerprint density at radius 3 is 2.24 bits per heavy atom. The van der Waals surface area contributed by atoms with Gasteiger partial charge in [0.25, 0.3) is 0 Å². The molecule has 0 aliphatic heterocycles. The van der Waals surface area contributed by atoms with E-state index in [0.717, 1.165) is 0 Å². The highest BCUT2D eigenvalue weighted by molar-refractivity contribution is 6.40. The first-order chi connectivity index (χ1) is 12.1. The third-order valence-corrected chi connectivity index (χ3v) is 3.76. The number of aromatic hydroxyl groups is 1. The van der Waals surface area contributed by atoms with Crippen molar-refractivity contribution < 1.29 is 24.2 Å². The standard InChI is InChI=1S/C18H22N2O5/c1-24-11-9-20(10-12-25-2)18(23)17(22)19-15-7-3-6-14-13(15)5-4-8-16(14)21/h3-8,21H,9-12H2,1-2H3,(H,19,22). The minimum absolute atomic E-state index is 0.113. The van der Waals surface area contributed by atoms with Crippen molar-refractivity contribution in [2.45, 2.75) is 0 Å². The molecule has 0 fully saturated rings. The minimum atomic E-state index is -0.747. The molecule has 2 amide bonds. The van der Waals surface area contributed by atoms with Crippen molar-refractivity contribution in [3.63, 3.8) is 0 Å². The number of amides is 2. The van der Waals surface area contributed by atoms with Crippen LogP contribution < -0.4 is 5.32 Å². The predicted molar refractivity (Wildman–Crippen MR) is 94.6 cm³/mol. The van der Waals surface area contributed by atoms with Gasteiger partial charge in [-0.15, -0.1) is 0 Å². The average molecular weight is 346 g/mol. The summed E-state index contributed by atoms with van der Waals surface area (Å²) in [7, 11) is 3.06. The van der Waals surface area contributed by atoms with Gasteiger partial charge in [-0.05, 0) is 12.1 Å². The van der Waals surface area contributed by atoms with E-state index in [9.17, 15) is 14.7 Å². The summed E-state index contributed by atoms with van der Waals surface area (Å²) in [6, 6.07) is 10.1. The van der Waals surface area contributed by atoms with Gasteiger partial charge in [-0.3, -0.25) is 9.59 Å². The molecule has 0 atom stereocenters. The number of hydrogen-bond donors (Lipinski definition) is 2. The average Bonchev–Trinajstić information content (AvgIpc) is 2.62. The molecule has 2 aromatic rings. The van der Waals surface area contributed by atoms with Crippen molar-refractivity contribution in [3.8, 4) is 5.75 Å². The van der Waals surface area contributed by atoms with Crippen molar-refractivity contribution in [1.29, 1.82) is 0 Å². The highest BCUT2D eigenvalue weighted by atomic mass is 16.5.